The SMILES string of the molecule is CCCC1SCC(C(=O)NC(C)C)N1C(=O)C=C(C)C. The highest BCUT2D eigenvalue weighted by atomic mass is 32.2. The average Bonchev–Trinajstić information content (AvgIpc) is 2.71. The van der Waals surface area contributed by atoms with E-state index < -0.39 is 0 Å². The first-order valence-electron chi connectivity index (χ1n) is 7.26. The summed E-state index contributed by atoms with van der Waals surface area (Å²) in [7, 11) is 0. The van der Waals surface area contributed by atoms with E-state index in [2.05, 4.69) is 12.2 Å². The van der Waals surface area contributed by atoms with Crippen LogP contribution in [0.4, 0.5) is 0 Å². The Kier molecular flexibility index (Phi) is 6.59. The van der Waals surface area contributed by atoms with Crippen molar-refractivity contribution in [2.45, 2.75) is 64.9 Å². The van der Waals surface area contributed by atoms with Gasteiger partial charge in [-0.2, -0.15) is 0 Å². The maximum atomic E-state index is 12.4. The van der Waals surface area contributed by atoms with Crippen LogP contribution in [0.3, 0.4) is 0 Å². The van der Waals surface area contributed by atoms with Gasteiger partial charge in [-0.1, -0.05) is 18.9 Å². The van der Waals surface area contributed by atoms with Crippen molar-refractivity contribution in [1.29, 1.82) is 0 Å². The molecule has 1 fully saturated rings. The lowest BCUT2D eigenvalue weighted by Crippen LogP contribution is -2.50. The van der Waals surface area contributed by atoms with Crippen LogP contribution >= 0.6 is 11.8 Å². The van der Waals surface area contributed by atoms with Gasteiger partial charge >= 0.3 is 0 Å². The van der Waals surface area contributed by atoms with Gasteiger partial charge in [-0.25, -0.2) is 0 Å². The highest BCUT2D eigenvalue weighted by molar-refractivity contribution is 8.00. The number of carbonyl (C=O) groups excluding carboxylic acids is 2. The number of allylic oxidation sites excluding steroid dienone is 1. The topological polar surface area (TPSA) is 49.4 Å². The van der Waals surface area contributed by atoms with E-state index in [1.54, 1.807) is 22.7 Å². The smallest absolute Gasteiger partial charge is 0.248 e. The lowest BCUT2D eigenvalue weighted by molar-refractivity contribution is -0.136. The summed E-state index contributed by atoms with van der Waals surface area (Å²) in [5.41, 5.74) is 0.963. The summed E-state index contributed by atoms with van der Waals surface area (Å²) in [5, 5.41) is 3.04. The number of carbonyl (C=O) groups is 2. The van der Waals surface area contributed by atoms with Gasteiger partial charge in [0.05, 0.1) is 5.37 Å². The van der Waals surface area contributed by atoms with Gasteiger partial charge in [-0.15, -0.1) is 11.8 Å². The molecule has 1 N–H and O–H groups in total. The van der Waals surface area contributed by atoms with Crippen LogP contribution in [0.15, 0.2) is 11.6 Å². The van der Waals surface area contributed by atoms with E-state index in [9.17, 15) is 9.59 Å². The molecular formula is C15H26N2O2S. The minimum Gasteiger partial charge on any atom is -0.352 e. The van der Waals surface area contributed by atoms with Gasteiger partial charge in [0, 0.05) is 17.9 Å². The fourth-order valence-electron chi connectivity index (χ4n) is 2.23. The Morgan fingerprint density at radius 3 is 2.55 bits per heavy atom. The normalized spacial score (nSPS) is 22.0. The predicted octanol–water partition coefficient (Wildman–Crippen LogP) is 2.55. The van der Waals surface area contributed by atoms with Crippen LogP contribution in [0.1, 0.15) is 47.5 Å². The zero-order chi connectivity index (χ0) is 15.3. The monoisotopic (exact) mass is 298 g/mol. The summed E-state index contributed by atoms with van der Waals surface area (Å²) in [4.78, 5) is 26.4. The van der Waals surface area contributed by atoms with E-state index in [4.69, 9.17) is 0 Å². The minimum atomic E-state index is -0.345. The molecule has 0 spiro atoms. The molecule has 0 aromatic heterocycles. The van der Waals surface area contributed by atoms with Crippen molar-refractivity contribution in [2.24, 2.45) is 0 Å². The van der Waals surface area contributed by atoms with Crippen LogP contribution in [0.2, 0.25) is 0 Å². The molecule has 114 valence electrons. The second kappa shape index (κ2) is 7.72. The van der Waals surface area contributed by atoms with Crippen molar-refractivity contribution >= 4 is 23.6 Å². The number of rotatable bonds is 5. The largest absolute Gasteiger partial charge is 0.352 e. The third-order valence-corrected chi connectivity index (χ3v) is 4.38. The van der Waals surface area contributed by atoms with Crippen LogP contribution in [0, 0.1) is 0 Å². The number of hydrogen-bond donors (Lipinski definition) is 1. The van der Waals surface area contributed by atoms with Crippen LogP contribution in [0.25, 0.3) is 0 Å². The lowest BCUT2D eigenvalue weighted by atomic mass is 10.2. The number of nitrogens with zero attached hydrogens (tertiary/aromatic N) is 1. The summed E-state index contributed by atoms with van der Waals surface area (Å²) in [6, 6.07) is -0.250. The molecule has 0 aromatic carbocycles. The van der Waals surface area contributed by atoms with Crippen molar-refractivity contribution < 1.29 is 9.59 Å². The lowest BCUT2D eigenvalue weighted by Gasteiger charge is -2.28. The zero-order valence-corrected chi connectivity index (χ0v) is 13.9. The van der Waals surface area contributed by atoms with E-state index in [-0.39, 0.29) is 29.3 Å². The predicted molar refractivity (Wildman–Crippen MR) is 84.5 cm³/mol. The maximum Gasteiger partial charge on any atom is 0.248 e. The third kappa shape index (κ3) is 4.54. The third-order valence-electron chi connectivity index (χ3n) is 3.03. The Hall–Kier alpha value is -0.970. The quantitative estimate of drug-likeness (QED) is 0.794. The van der Waals surface area contributed by atoms with Crippen LogP contribution in [-0.2, 0) is 9.59 Å². The van der Waals surface area contributed by atoms with E-state index in [0.29, 0.717) is 5.75 Å². The van der Waals surface area contributed by atoms with E-state index in [0.717, 1.165) is 18.4 Å². The standard InChI is InChI=1S/C15H26N2O2S/c1-6-7-14-17(13(18)8-10(2)3)12(9-20-14)15(19)16-11(4)5/h8,11-12,14H,6-7,9H2,1-5H3,(H,16,19). The molecule has 2 unspecified atom stereocenters. The Morgan fingerprint density at radius 1 is 1.40 bits per heavy atom. The summed E-state index contributed by atoms with van der Waals surface area (Å²) in [5.74, 6) is 0.602. The van der Waals surface area contributed by atoms with E-state index >= 15 is 0 Å². The van der Waals surface area contributed by atoms with E-state index in [1.165, 1.54) is 0 Å². The van der Waals surface area contributed by atoms with Gasteiger partial charge in [0.25, 0.3) is 0 Å². The van der Waals surface area contributed by atoms with Crippen molar-refractivity contribution in [1.82, 2.24) is 10.2 Å². The molecule has 20 heavy (non-hydrogen) atoms. The van der Waals surface area contributed by atoms with Crippen molar-refractivity contribution in [3.05, 3.63) is 11.6 Å². The molecule has 0 radical (unpaired) electrons. The first-order chi connectivity index (χ1) is 9.36. The highest BCUT2D eigenvalue weighted by Crippen LogP contribution is 2.32. The molecule has 0 aliphatic carbocycles. The van der Waals surface area contributed by atoms with Gasteiger partial charge in [0.1, 0.15) is 6.04 Å². The van der Waals surface area contributed by atoms with Gasteiger partial charge in [-0.3, -0.25) is 9.59 Å². The van der Waals surface area contributed by atoms with E-state index in [1.807, 2.05) is 27.7 Å². The maximum absolute atomic E-state index is 12.4. The zero-order valence-electron chi connectivity index (χ0n) is 13.1. The van der Waals surface area contributed by atoms with Crippen molar-refractivity contribution in [3.8, 4) is 0 Å². The number of nitrogens with one attached hydrogen (secondary N) is 1. The van der Waals surface area contributed by atoms with Gasteiger partial charge in [0.15, 0.2) is 0 Å². The molecule has 1 saturated heterocycles. The molecule has 1 aliphatic rings. The summed E-state index contributed by atoms with van der Waals surface area (Å²) in [6.45, 7) is 9.78. The first-order valence-corrected chi connectivity index (χ1v) is 8.30. The molecule has 2 amide bonds. The molecule has 0 saturated carbocycles. The molecule has 4 nitrogen and oxygen atoms in total. The Balaban J connectivity index is 2.90. The molecule has 5 heteroatoms. The molecule has 0 bridgehead atoms. The van der Waals surface area contributed by atoms with Gasteiger partial charge < -0.3 is 10.2 Å². The van der Waals surface area contributed by atoms with Crippen LogP contribution in [0.5, 0.6) is 0 Å². The fraction of sp³-hybridized carbons (Fsp3) is 0.733. The molecule has 2 atom stereocenters. The Morgan fingerprint density at radius 2 is 2.05 bits per heavy atom. The number of amides is 2. The molecule has 1 aliphatic heterocycles. The van der Waals surface area contributed by atoms with Gasteiger partial charge in [-0.05, 0) is 34.1 Å². The highest BCUT2D eigenvalue weighted by Gasteiger charge is 2.40. The Bertz CT molecular complexity index is 389. The molecule has 1 rings (SSSR count). The van der Waals surface area contributed by atoms with Crippen molar-refractivity contribution in [3.63, 3.8) is 0 Å². The average molecular weight is 298 g/mol. The molecular weight excluding hydrogens is 272 g/mol. The summed E-state index contributed by atoms with van der Waals surface area (Å²) >= 11 is 1.71. The Labute approximate surface area is 126 Å². The molecule has 1 heterocycles. The van der Waals surface area contributed by atoms with Crippen LogP contribution < -0.4 is 5.32 Å². The molecule has 0 aromatic rings. The summed E-state index contributed by atoms with van der Waals surface area (Å²) in [6.07, 6.45) is 3.57. The number of thioether (sulfide) groups is 1. The fourth-order valence-corrected chi connectivity index (χ4v) is 3.76. The second-order valence-corrected chi connectivity index (χ2v) is 6.93. The van der Waals surface area contributed by atoms with Gasteiger partial charge in [0.2, 0.25) is 11.8 Å². The first kappa shape index (κ1) is 17.1. The number of hydrogen-bond acceptors (Lipinski definition) is 3. The second-order valence-electron chi connectivity index (χ2n) is 5.72. The van der Waals surface area contributed by atoms with Crippen LogP contribution in [-0.4, -0.2) is 39.9 Å². The minimum absolute atomic E-state index is 0.0402. The van der Waals surface area contributed by atoms with Crippen molar-refractivity contribution in [2.75, 3.05) is 5.75 Å². The summed E-state index contributed by atoms with van der Waals surface area (Å²) < 4.78 is 0.